The maximum absolute atomic E-state index is 3.50. The second-order valence-electron chi connectivity index (χ2n) is 5.97. The summed E-state index contributed by atoms with van der Waals surface area (Å²) in [5.41, 5.74) is 4.34. The number of hydrogen-bond donors (Lipinski definition) is 1. The highest BCUT2D eigenvalue weighted by molar-refractivity contribution is 5.30. The van der Waals surface area contributed by atoms with Crippen LogP contribution >= 0.6 is 0 Å². The van der Waals surface area contributed by atoms with Crippen molar-refractivity contribution in [3.8, 4) is 0 Å². The van der Waals surface area contributed by atoms with E-state index in [1.165, 1.54) is 36.0 Å². The van der Waals surface area contributed by atoms with Gasteiger partial charge in [0.2, 0.25) is 0 Å². The molecule has 1 aromatic carbocycles. The maximum Gasteiger partial charge on any atom is 0.00103 e. The summed E-state index contributed by atoms with van der Waals surface area (Å²) in [6, 6.07) is 7.40. The van der Waals surface area contributed by atoms with E-state index < -0.39 is 0 Å². The molecule has 1 atom stereocenters. The van der Waals surface area contributed by atoms with Gasteiger partial charge in [0.15, 0.2) is 0 Å². The van der Waals surface area contributed by atoms with E-state index >= 15 is 0 Å². The van der Waals surface area contributed by atoms with Gasteiger partial charge in [-0.15, -0.1) is 0 Å². The lowest BCUT2D eigenvalue weighted by atomic mass is 9.95. The van der Waals surface area contributed by atoms with Crippen LogP contribution in [-0.4, -0.2) is 12.6 Å². The molecule has 1 rings (SSSR count). The summed E-state index contributed by atoms with van der Waals surface area (Å²) in [6.45, 7) is 12.3. The molecule has 0 aromatic heterocycles. The lowest BCUT2D eigenvalue weighted by molar-refractivity contribution is 0.453. The average molecular weight is 247 g/mol. The van der Waals surface area contributed by atoms with Crippen molar-refractivity contribution in [1.82, 2.24) is 5.32 Å². The lowest BCUT2D eigenvalue weighted by Gasteiger charge is -2.14. The Morgan fingerprint density at radius 2 is 1.78 bits per heavy atom. The zero-order valence-electron chi connectivity index (χ0n) is 12.7. The van der Waals surface area contributed by atoms with Crippen LogP contribution < -0.4 is 5.32 Å². The zero-order chi connectivity index (χ0) is 13.5. The van der Waals surface area contributed by atoms with Crippen LogP contribution in [0.4, 0.5) is 0 Å². The summed E-state index contributed by atoms with van der Waals surface area (Å²) < 4.78 is 0. The van der Waals surface area contributed by atoms with Crippen molar-refractivity contribution < 1.29 is 0 Å². The van der Waals surface area contributed by atoms with Crippen LogP contribution in [-0.2, 0) is 6.42 Å². The van der Waals surface area contributed by atoms with Gasteiger partial charge in [-0.1, -0.05) is 44.5 Å². The molecule has 0 spiro atoms. The number of aryl methyl sites for hydroxylation is 3. The fourth-order valence-corrected chi connectivity index (χ4v) is 2.23. The largest absolute Gasteiger partial charge is 0.315 e. The molecule has 0 amide bonds. The Balaban J connectivity index is 2.33. The van der Waals surface area contributed by atoms with Crippen molar-refractivity contribution in [2.75, 3.05) is 6.54 Å². The minimum Gasteiger partial charge on any atom is -0.315 e. The predicted molar refractivity (Wildman–Crippen MR) is 81.2 cm³/mol. The third-order valence-corrected chi connectivity index (χ3v) is 3.60. The van der Waals surface area contributed by atoms with Gasteiger partial charge in [0, 0.05) is 6.04 Å². The van der Waals surface area contributed by atoms with Crippen molar-refractivity contribution in [3.05, 3.63) is 34.9 Å². The van der Waals surface area contributed by atoms with Crippen molar-refractivity contribution in [3.63, 3.8) is 0 Å². The standard InChI is InChI=1S/C17H29N/c1-13(2)18-11-10-14(3)7-9-17-12-15(4)6-8-16(17)5/h6,8,12-14,18H,7,9-11H2,1-5H3. The monoisotopic (exact) mass is 247 g/mol. The average Bonchev–Trinajstić information content (AvgIpc) is 2.30. The molecule has 0 aliphatic heterocycles. The quantitative estimate of drug-likeness (QED) is 0.759. The molecule has 0 aliphatic carbocycles. The SMILES string of the molecule is Cc1ccc(C)c(CCC(C)CCNC(C)C)c1. The van der Waals surface area contributed by atoms with Crippen LogP contribution in [0.1, 0.15) is 50.3 Å². The molecule has 1 N–H and O–H groups in total. The van der Waals surface area contributed by atoms with E-state index in [-0.39, 0.29) is 0 Å². The van der Waals surface area contributed by atoms with Crippen LogP contribution in [0.2, 0.25) is 0 Å². The number of benzene rings is 1. The first kappa shape index (κ1) is 15.2. The van der Waals surface area contributed by atoms with Gasteiger partial charge >= 0.3 is 0 Å². The van der Waals surface area contributed by atoms with Gasteiger partial charge in [-0.05, 0) is 56.7 Å². The van der Waals surface area contributed by atoms with Gasteiger partial charge in [0.25, 0.3) is 0 Å². The van der Waals surface area contributed by atoms with E-state index in [0.29, 0.717) is 6.04 Å². The van der Waals surface area contributed by atoms with Gasteiger partial charge in [-0.2, -0.15) is 0 Å². The molecule has 0 bridgehead atoms. The molecule has 0 fully saturated rings. The molecular weight excluding hydrogens is 218 g/mol. The second-order valence-corrected chi connectivity index (χ2v) is 5.97. The first-order valence-electron chi connectivity index (χ1n) is 7.28. The van der Waals surface area contributed by atoms with Crippen LogP contribution in [0.25, 0.3) is 0 Å². The normalized spacial score (nSPS) is 13.0. The third kappa shape index (κ3) is 5.68. The molecule has 0 aliphatic rings. The summed E-state index contributed by atoms with van der Waals surface area (Å²) in [5, 5.41) is 3.50. The zero-order valence-corrected chi connectivity index (χ0v) is 12.7. The smallest absolute Gasteiger partial charge is 0.00103 e. The topological polar surface area (TPSA) is 12.0 Å². The molecule has 102 valence electrons. The van der Waals surface area contributed by atoms with Crippen molar-refractivity contribution >= 4 is 0 Å². The Morgan fingerprint density at radius 1 is 1.06 bits per heavy atom. The highest BCUT2D eigenvalue weighted by Crippen LogP contribution is 2.16. The van der Waals surface area contributed by atoms with Gasteiger partial charge in [-0.25, -0.2) is 0 Å². The predicted octanol–water partition coefficient (Wildman–Crippen LogP) is 4.26. The van der Waals surface area contributed by atoms with Crippen LogP contribution in [0.5, 0.6) is 0 Å². The van der Waals surface area contributed by atoms with Crippen LogP contribution in [0.3, 0.4) is 0 Å². The van der Waals surface area contributed by atoms with Gasteiger partial charge in [0.05, 0.1) is 0 Å². The van der Waals surface area contributed by atoms with E-state index in [2.05, 4.69) is 58.1 Å². The molecule has 1 aromatic rings. The first-order chi connectivity index (χ1) is 8.49. The second kappa shape index (κ2) is 7.58. The Kier molecular flexibility index (Phi) is 6.42. The van der Waals surface area contributed by atoms with Crippen LogP contribution in [0, 0.1) is 19.8 Å². The summed E-state index contributed by atoms with van der Waals surface area (Å²) in [6.07, 6.45) is 3.80. The summed E-state index contributed by atoms with van der Waals surface area (Å²) in [4.78, 5) is 0. The van der Waals surface area contributed by atoms with Crippen molar-refractivity contribution in [2.45, 2.75) is 59.9 Å². The van der Waals surface area contributed by atoms with Crippen molar-refractivity contribution in [1.29, 1.82) is 0 Å². The fourth-order valence-electron chi connectivity index (χ4n) is 2.23. The number of nitrogens with one attached hydrogen (secondary N) is 1. The third-order valence-electron chi connectivity index (χ3n) is 3.60. The van der Waals surface area contributed by atoms with E-state index in [4.69, 9.17) is 0 Å². The minimum absolute atomic E-state index is 0.608. The molecule has 0 radical (unpaired) electrons. The Labute approximate surface area is 113 Å². The molecule has 1 unspecified atom stereocenters. The number of hydrogen-bond acceptors (Lipinski definition) is 1. The van der Waals surface area contributed by atoms with Gasteiger partial charge in [0.1, 0.15) is 0 Å². The highest BCUT2D eigenvalue weighted by atomic mass is 14.9. The van der Waals surface area contributed by atoms with Crippen molar-refractivity contribution in [2.24, 2.45) is 5.92 Å². The maximum atomic E-state index is 3.50. The van der Waals surface area contributed by atoms with Gasteiger partial charge in [-0.3, -0.25) is 0 Å². The molecule has 1 nitrogen and oxygen atoms in total. The van der Waals surface area contributed by atoms with E-state index in [1.807, 2.05) is 0 Å². The lowest BCUT2D eigenvalue weighted by Crippen LogP contribution is -2.25. The molecule has 0 saturated heterocycles. The number of rotatable bonds is 7. The van der Waals surface area contributed by atoms with Crippen LogP contribution in [0.15, 0.2) is 18.2 Å². The summed E-state index contributed by atoms with van der Waals surface area (Å²) >= 11 is 0. The fraction of sp³-hybridized carbons (Fsp3) is 0.647. The Hall–Kier alpha value is -0.820. The van der Waals surface area contributed by atoms with E-state index in [9.17, 15) is 0 Å². The van der Waals surface area contributed by atoms with Gasteiger partial charge < -0.3 is 5.32 Å². The first-order valence-corrected chi connectivity index (χ1v) is 7.28. The highest BCUT2D eigenvalue weighted by Gasteiger charge is 2.05. The Bertz CT molecular complexity index is 355. The summed E-state index contributed by atoms with van der Waals surface area (Å²) in [7, 11) is 0. The van der Waals surface area contributed by atoms with E-state index in [1.54, 1.807) is 0 Å². The van der Waals surface area contributed by atoms with E-state index in [0.717, 1.165) is 12.5 Å². The Morgan fingerprint density at radius 3 is 2.44 bits per heavy atom. The minimum atomic E-state index is 0.608. The molecule has 0 heterocycles. The molecule has 18 heavy (non-hydrogen) atoms. The molecular formula is C17H29N. The molecule has 0 saturated carbocycles. The molecule has 1 heteroatoms. The summed E-state index contributed by atoms with van der Waals surface area (Å²) in [5.74, 6) is 0.802.